The van der Waals surface area contributed by atoms with Gasteiger partial charge in [0.15, 0.2) is 0 Å². The summed E-state index contributed by atoms with van der Waals surface area (Å²) >= 11 is 0. The van der Waals surface area contributed by atoms with E-state index in [1.54, 1.807) is 0 Å². The van der Waals surface area contributed by atoms with Gasteiger partial charge in [-0.2, -0.15) is 0 Å². The number of nitrogens with zero attached hydrogens (tertiary/aromatic N) is 1. The van der Waals surface area contributed by atoms with E-state index in [1.165, 1.54) is 32.1 Å². The van der Waals surface area contributed by atoms with Crippen LogP contribution in [0.1, 0.15) is 73.1 Å². The number of rotatable bonds is 4. The number of carbonyl (C=O) groups is 1. The highest BCUT2D eigenvalue weighted by atomic mass is 16.6. The van der Waals surface area contributed by atoms with E-state index in [2.05, 4.69) is 13.8 Å². The van der Waals surface area contributed by atoms with E-state index in [0.29, 0.717) is 11.8 Å². The molecule has 1 aliphatic heterocycles. The molecule has 0 radical (unpaired) electrons. The van der Waals surface area contributed by atoms with Gasteiger partial charge in [-0.1, -0.05) is 33.1 Å². The van der Waals surface area contributed by atoms with Crippen molar-refractivity contribution < 1.29 is 14.6 Å². The zero-order valence-electron chi connectivity index (χ0n) is 14.8. The largest absolute Gasteiger partial charge is 0.444 e. The van der Waals surface area contributed by atoms with Gasteiger partial charge in [0.1, 0.15) is 5.60 Å². The number of ether oxygens (including phenoxy) is 1. The molecule has 2 aliphatic rings. The molecule has 22 heavy (non-hydrogen) atoms. The van der Waals surface area contributed by atoms with E-state index in [0.717, 1.165) is 6.42 Å². The van der Waals surface area contributed by atoms with Crippen molar-refractivity contribution in [2.75, 3.05) is 0 Å². The summed E-state index contributed by atoms with van der Waals surface area (Å²) in [5.74, 6) is 0.969. The first-order valence-corrected chi connectivity index (χ1v) is 8.90. The van der Waals surface area contributed by atoms with E-state index >= 15 is 0 Å². The molecule has 1 heterocycles. The molecule has 0 unspecified atom stereocenters. The van der Waals surface area contributed by atoms with Crippen molar-refractivity contribution in [3.05, 3.63) is 0 Å². The van der Waals surface area contributed by atoms with E-state index in [-0.39, 0.29) is 18.2 Å². The summed E-state index contributed by atoms with van der Waals surface area (Å²) in [7, 11) is 0. The normalized spacial score (nSPS) is 27.9. The van der Waals surface area contributed by atoms with Gasteiger partial charge < -0.3 is 9.84 Å². The number of carbonyl (C=O) groups excluding carboxylic acids is 1. The Morgan fingerprint density at radius 1 is 1.23 bits per heavy atom. The van der Waals surface area contributed by atoms with Crippen molar-refractivity contribution in [1.82, 2.24) is 4.90 Å². The van der Waals surface area contributed by atoms with Crippen molar-refractivity contribution in [2.24, 2.45) is 11.8 Å². The Hall–Kier alpha value is -0.770. The second kappa shape index (κ2) is 6.77. The van der Waals surface area contributed by atoms with Crippen molar-refractivity contribution in [3.8, 4) is 0 Å². The van der Waals surface area contributed by atoms with Crippen LogP contribution >= 0.6 is 0 Å². The van der Waals surface area contributed by atoms with E-state index < -0.39 is 11.7 Å². The van der Waals surface area contributed by atoms with Gasteiger partial charge in [0.05, 0.1) is 18.2 Å². The number of aliphatic hydroxyl groups is 1. The first-order valence-electron chi connectivity index (χ1n) is 8.90. The van der Waals surface area contributed by atoms with Gasteiger partial charge in [0.2, 0.25) is 0 Å². The molecule has 1 saturated heterocycles. The third kappa shape index (κ3) is 4.37. The van der Waals surface area contributed by atoms with E-state index in [9.17, 15) is 9.90 Å². The third-order valence-electron chi connectivity index (χ3n) is 4.75. The number of aliphatic hydroxyl groups excluding tert-OH is 1. The third-order valence-corrected chi connectivity index (χ3v) is 4.75. The van der Waals surface area contributed by atoms with Gasteiger partial charge in [-0.25, -0.2) is 4.79 Å². The Bertz CT molecular complexity index is 382. The minimum Gasteiger partial charge on any atom is -0.444 e. The molecule has 4 nitrogen and oxygen atoms in total. The van der Waals surface area contributed by atoms with Gasteiger partial charge >= 0.3 is 6.09 Å². The van der Waals surface area contributed by atoms with Crippen LogP contribution in [0.2, 0.25) is 0 Å². The molecule has 1 N–H and O–H groups in total. The summed E-state index contributed by atoms with van der Waals surface area (Å²) in [6.07, 6.45) is 6.20. The minimum absolute atomic E-state index is 0.0413. The lowest BCUT2D eigenvalue weighted by molar-refractivity contribution is 0.0339. The second-order valence-electron chi connectivity index (χ2n) is 8.46. The van der Waals surface area contributed by atoms with Crippen LogP contribution in [0.4, 0.5) is 4.79 Å². The molecule has 2 rings (SSSR count). The fraction of sp³-hybridized carbons (Fsp3) is 0.944. The Balaban J connectivity index is 2.04. The SMILES string of the molecule is CC(C)C[C@H](O)[C@@H]1[C@@H](C2CCCCC2)N1C(=O)OC(C)(C)C. The lowest BCUT2D eigenvalue weighted by Crippen LogP contribution is -2.30. The summed E-state index contributed by atoms with van der Waals surface area (Å²) in [6, 6.07) is 0.143. The highest BCUT2D eigenvalue weighted by Crippen LogP contribution is 2.44. The van der Waals surface area contributed by atoms with Crippen LogP contribution in [0, 0.1) is 11.8 Å². The summed E-state index contributed by atoms with van der Waals surface area (Å²) in [4.78, 5) is 14.3. The van der Waals surface area contributed by atoms with Crippen LogP contribution < -0.4 is 0 Å². The molecule has 128 valence electrons. The van der Waals surface area contributed by atoms with Crippen LogP contribution in [0.25, 0.3) is 0 Å². The van der Waals surface area contributed by atoms with Crippen LogP contribution in [0.15, 0.2) is 0 Å². The van der Waals surface area contributed by atoms with Crippen LogP contribution in [0.3, 0.4) is 0 Å². The Morgan fingerprint density at radius 3 is 2.32 bits per heavy atom. The summed E-state index contributed by atoms with van der Waals surface area (Å²) in [5.41, 5.74) is -0.482. The van der Waals surface area contributed by atoms with Crippen LogP contribution in [-0.4, -0.2) is 39.9 Å². The Labute approximate surface area is 135 Å². The van der Waals surface area contributed by atoms with Crippen molar-refractivity contribution >= 4 is 6.09 Å². The number of amides is 1. The molecule has 1 saturated carbocycles. The number of hydrogen-bond acceptors (Lipinski definition) is 3. The molecule has 0 aromatic rings. The standard InChI is InChI=1S/C18H33NO3/c1-12(2)11-14(20)16-15(13-9-7-6-8-10-13)19(16)17(21)22-18(3,4)5/h12-16,20H,6-11H2,1-5H3/t14-,15+,16+,19?/m0/s1. The molecule has 0 spiro atoms. The fourth-order valence-electron chi connectivity index (χ4n) is 3.84. The predicted octanol–water partition coefficient (Wildman–Crippen LogP) is 3.96. The van der Waals surface area contributed by atoms with Crippen LogP contribution in [-0.2, 0) is 4.74 Å². The molecule has 0 aromatic carbocycles. The lowest BCUT2D eigenvalue weighted by Gasteiger charge is -2.23. The molecule has 0 aromatic heterocycles. The first kappa shape index (κ1) is 17.6. The quantitative estimate of drug-likeness (QED) is 0.799. The molecular formula is C18H33NO3. The van der Waals surface area contributed by atoms with E-state index in [1.807, 2.05) is 25.7 Å². The highest BCUT2D eigenvalue weighted by Gasteiger charge is 2.58. The second-order valence-corrected chi connectivity index (χ2v) is 8.46. The van der Waals surface area contributed by atoms with Crippen molar-refractivity contribution in [1.29, 1.82) is 0 Å². The van der Waals surface area contributed by atoms with E-state index in [4.69, 9.17) is 4.74 Å². The molecule has 1 amide bonds. The maximum atomic E-state index is 12.5. The molecule has 3 atom stereocenters. The van der Waals surface area contributed by atoms with Gasteiger partial charge in [-0.3, -0.25) is 4.90 Å². The number of hydrogen-bond donors (Lipinski definition) is 1. The average molecular weight is 311 g/mol. The molecule has 0 bridgehead atoms. The zero-order valence-corrected chi connectivity index (χ0v) is 14.8. The van der Waals surface area contributed by atoms with Crippen molar-refractivity contribution in [2.45, 2.75) is 96.9 Å². The average Bonchev–Trinajstić information content (AvgIpc) is 3.12. The monoisotopic (exact) mass is 311 g/mol. The zero-order chi connectivity index (χ0) is 16.5. The van der Waals surface area contributed by atoms with Gasteiger partial charge in [0.25, 0.3) is 0 Å². The molecule has 2 fully saturated rings. The Morgan fingerprint density at radius 2 is 1.82 bits per heavy atom. The summed E-state index contributed by atoms with van der Waals surface area (Å²) in [5, 5.41) is 10.5. The van der Waals surface area contributed by atoms with Gasteiger partial charge in [0, 0.05) is 0 Å². The van der Waals surface area contributed by atoms with Gasteiger partial charge in [-0.15, -0.1) is 0 Å². The predicted molar refractivity (Wildman–Crippen MR) is 87.7 cm³/mol. The van der Waals surface area contributed by atoms with Gasteiger partial charge in [-0.05, 0) is 51.9 Å². The topological polar surface area (TPSA) is 49.5 Å². The van der Waals surface area contributed by atoms with Crippen LogP contribution in [0.5, 0.6) is 0 Å². The summed E-state index contributed by atoms with van der Waals surface area (Å²) in [6.45, 7) is 9.90. The molecule has 4 heteroatoms. The lowest BCUT2D eigenvalue weighted by atomic mass is 9.84. The summed E-state index contributed by atoms with van der Waals surface area (Å²) < 4.78 is 5.54. The maximum absolute atomic E-state index is 12.5. The highest BCUT2D eigenvalue weighted by molar-refractivity contribution is 5.73. The molecule has 1 aliphatic carbocycles. The Kier molecular flexibility index (Phi) is 5.41. The maximum Gasteiger partial charge on any atom is 0.411 e. The fourth-order valence-corrected chi connectivity index (χ4v) is 3.84. The minimum atomic E-state index is -0.482. The first-order chi connectivity index (χ1) is 10.2. The van der Waals surface area contributed by atoms with Crippen molar-refractivity contribution in [3.63, 3.8) is 0 Å². The smallest absolute Gasteiger partial charge is 0.411 e. The molecular weight excluding hydrogens is 278 g/mol.